The van der Waals surface area contributed by atoms with Gasteiger partial charge in [-0.25, -0.2) is 4.79 Å². The van der Waals surface area contributed by atoms with E-state index in [2.05, 4.69) is 26.8 Å². The van der Waals surface area contributed by atoms with Crippen molar-refractivity contribution in [1.29, 1.82) is 0 Å². The van der Waals surface area contributed by atoms with Gasteiger partial charge < -0.3 is 4.74 Å². The van der Waals surface area contributed by atoms with E-state index in [0.717, 1.165) is 28.0 Å². The monoisotopic (exact) mass is 306 g/mol. The summed E-state index contributed by atoms with van der Waals surface area (Å²) in [7, 11) is 0. The zero-order chi connectivity index (χ0) is 16.4. The van der Waals surface area contributed by atoms with E-state index < -0.39 is 0 Å². The van der Waals surface area contributed by atoms with Gasteiger partial charge in [-0.05, 0) is 39.9 Å². The van der Waals surface area contributed by atoms with Gasteiger partial charge in [0.25, 0.3) is 0 Å². The van der Waals surface area contributed by atoms with Gasteiger partial charge in [0.1, 0.15) is 6.10 Å². The summed E-state index contributed by atoms with van der Waals surface area (Å²) in [6.07, 6.45) is 0.770. The first-order chi connectivity index (χ1) is 11.1. The summed E-state index contributed by atoms with van der Waals surface area (Å²) in [5, 5.41) is 4.04. The zero-order valence-corrected chi connectivity index (χ0v) is 13.9. The van der Waals surface area contributed by atoms with Crippen LogP contribution in [0.5, 0.6) is 0 Å². The molecular weight excluding hydrogens is 284 g/mol. The minimum Gasteiger partial charge on any atom is -0.458 e. The van der Waals surface area contributed by atoms with Crippen molar-refractivity contribution in [2.75, 3.05) is 0 Å². The Morgan fingerprint density at radius 2 is 1.48 bits per heavy atom. The minimum atomic E-state index is -0.224. The molecule has 1 atom stereocenters. The molecule has 3 aromatic carbocycles. The van der Waals surface area contributed by atoms with Crippen LogP contribution in [0.15, 0.2) is 54.6 Å². The maximum atomic E-state index is 12.9. The van der Waals surface area contributed by atoms with Crippen LogP contribution in [0.4, 0.5) is 0 Å². The molecule has 0 amide bonds. The van der Waals surface area contributed by atoms with Crippen LogP contribution in [0.3, 0.4) is 0 Å². The predicted octanol–water partition coefficient (Wildman–Crippen LogP) is 5.58. The molecule has 0 radical (unpaired) electrons. The second-order valence-electron chi connectivity index (χ2n) is 6.29. The molecule has 0 aliphatic heterocycles. The van der Waals surface area contributed by atoms with E-state index in [4.69, 9.17) is 4.74 Å². The van der Waals surface area contributed by atoms with Gasteiger partial charge in [0, 0.05) is 0 Å². The molecule has 0 unspecified atom stereocenters. The first-order valence-corrected chi connectivity index (χ1v) is 8.23. The molecular formula is C21H22O2. The average Bonchev–Trinajstić information content (AvgIpc) is 2.56. The lowest BCUT2D eigenvalue weighted by Gasteiger charge is -2.21. The molecule has 0 saturated heterocycles. The Morgan fingerprint density at radius 1 is 0.957 bits per heavy atom. The van der Waals surface area contributed by atoms with Crippen LogP contribution in [-0.2, 0) is 4.74 Å². The minimum absolute atomic E-state index is 0.0553. The second-order valence-corrected chi connectivity index (χ2v) is 6.29. The molecule has 0 bridgehead atoms. The number of benzene rings is 3. The number of esters is 1. The highest BCUT2D eigenvalue weighted by atomic mass is 16.5. The lowest BCUT2D eigenvalue weighted by atomic mass is 9.96. The van der Waals surface area contributed by atoms with Gasteiger partial charge in [-0.3, -0.25) is 0 Å². The van der Waals surface area contributed by atoms with Gasteiger partial charge in [0.05, 0.1) is 5.56 Å². The van der Waals surface area contributed by atoms with Crippen molar-refractivity contribution in [3.63, 3.8) is 0 Å². The predicted molar refractivity (Wildman–Crippen MR) is 95.8 cm³/mol. The van der Waals surface area contributed by atoms with Crippen molar-refractivity contribution in [2.24, 2.45) is 5.92 Å². The fraction of sp³-hybridized carbons (Fsp3) is 0.286. The third-order valence-corrected chi connectivity index (χ3v) is 4.38. The quantitative estimate of drug-likeness (QED) is 0.464. The summed E-state index contributed by atoms with van der Waals surface area (Å²) in [4.78, 5) is 12.9. The molecule has 0 aromatic heterocycles. The van der Waals surface area contributed by atoms with Crippen LogP contribution in [0.1, 0.15) is 37.6 Å². The second kappa shape index (κ2) is 6.41. The molecule has 0 fully saturated rings. The standard InChI is InChI=1S/C21H22O2/c1-4-19(14(2)3)23-21(22)20-17-11-7-5-9-15(17)13-16-10-6-8-12-18(16)20/h5-14,19H,4H2,1-3H3/t19-/m1/s1. The maximum Gasteiger partial charge on any atom is 0.339 e. The first kappa shape index (κ1) is 15.5. The van der Waals surface area contributed by atoms with Gasteiger partial charge in [0.2, 0.25) is 0 Å². The first-order valence-electron chi connectivity index (χ1n) is 8.23. The van der Waals surface area contributed by atoms with Crippen molar-refractivity contribution in [1.82, 2.24) is 0 Å². The number of carbonyl (C=O) groups excluding carboxylic acids is 1. The zero-order valence-electron chi connectivity index (χ0n) is 13.9. The number of carbonyl (C=O) groups is 1. The Morgan fingerprint density at radius 3 is 1.96 bits per heavy atom. The van der Waals surface area contributed by atoms with E-state index in [1.807, 2.05) is 48.5 Å². The van der Waals surface area contributed by atoms with Crippen molar-refractivity contribution in [3.05, 3.63) is 60.2 Å². The van der Waals surface area contributed by atoms with Gasteiger partial charge in [-0.1, -0.05) is 69.3 Å². The molecule has 118 valence electrons. The Kier molecular flexibility index (Phi) is 4.33. The van der Waals surface area contributed by atoms with Crippen LogP contribution >= 0.6 is 0 Å². The molecule has 2 heteroatoms. The summed E-state index contributed by atoms with van der Waals surface area (Å²) in [6, 6.07) is 18.1. The molecule has 3 rings (SSSR count). The summed E-state index contributed by atoms with van der Waals surface area (Å²) in [6.45, 7) is 6.23. The normalized spacial score (nSPS) is 12.7. The lowest BCUT2D eigenvalue weighted by molar-refractivity contribution is 0.0178. The van der Waals surface area contributed by atoms with E-state index in [-0.39, 0.29) is 12.1 Å². The molecule has 0 spiro atoms. The van der Waals surface area contributed by atoms with E-state index in [1.54, 1.807) is 0 Å². The largest absolute Gasteiger partial charge is 0.458 e. The van der Waals surface area contributed by atoms with Gasteiger partial charge >= 0.3 is 5.97 Å². The highest BCUT2D eigenvalue weighted by molar-refractivity contribution is 6.16. The van der Waals surface area contributed by atoms with Gasteiger partial charge in [-0.15, -0.1) is 0 Å². The van der Waals surface area contributed by atoms with Gasteiger partial charge in [0.15, 0.2) is 0 Å². The van der Waals surface area contributed by atoms with Crippen molar-refractivity contribution >= 4 is 27.5 Å². The van der Waals surface area contributed by atoms with Crippen LogP contribution in [-0.4, -0.2) is 12.1 Å². The van der Waals surface area contributed by atoms with Crippen LogP contribution in [0.25, 0.3) is 21.5 Å². The van der Waals surface area contributed by atoms with E-state index in [0.29, 0.717) is 11.5 Å². The SMILES string of the molecule is CC[C@@H](OC(=O)c1c2ccccc2cc2ccccc12)C(C)C. The summed E-state index contributed by atoms with van der Waals surface area (Å²) in [5.41, 5.74) is 0.679. The molecule has 23 heavy (non-hydrogen) atoms. The van der Waals surface area contributed by atoms with E-state index in [9.17, 15) is 4.79 Å². The number of ether oxygens (including phenoxy) is 1. The van der Waals surface area contributed by atoms with E-state index >= 15 is 0 Å². The molecule has 0 aliphatic rings. The van der Waals surface area contributed by atoms with Crippen LogP contribution in [0, 0.1) is 5.92 Å². The average molecular weight is 306 g/mol. The smallest absolute Gasteiger partial charge is 0.339 e. The number of rotatable bonds is 4. The van der Waals surface area contributed by atoms with Gasteiger partial charge in [-0.2, -0.15) is 0 Å². The van der Waals surface area contributed by atoms with Crippen LogP contribution in [0.2, 0.25) is 0 Å². The molecule has 0 saturated carbocycles. The number of fused-ring (bicyclic) bond motifs is 2. The Hall–Kier alpha value is -2.35. The third kappa shape index (κ3) is 2.94. The highest BCUT2D eigenvalue weighted by Gasteiger charge is 2.21. The molecule has 0 aliphatic carbocycles. The molecule has 0 heterocycles. The number of hydrogen-bond acceptors (Lipinski definition) is 2. The Labute approximate surface area is 137 Å². The third-order valence-electron chi connectivity index (χ3n) is 4.38. The fourth-order valence-electron chi connectivity index (χ4n) is 3.12. The highest BCUT2D eigenvalue weighted by Crippen LogP contribution is 2.29. The fourth-order valence-corrected chi connectivity index (χ4v) is 3.12. The molecule has 2 nitrogen and oxygen atoms in total. The van der Waals surface area contributed by atoms with Crippen molar-refractivity contribution in [3.8, 4) is 0 Å². The van der Waals surface area contributed by atoms with Crippen molar-refractivity contribution < 1.29 is 9.53 Å². The summed E-state index contributed by atoms with van der Waals surface area (Å²) >= 11 is 0. The number of hydrogen-bond donors (Lipinski definition) is 0. The topological polar surface area (TPSA) is 26.3 Å². The maximum absolute atomic E-state index is 12.9. The molecule has 3 aromatic rings. The lowest BCUT2D eigenvalue weighted by Crippen LogP contribution is -2.23. The van der Waals surface area contributed by atoms with Crippen molar-refractivity contribution in [2.45, 2.75) is 33.3 Å². The molecule has 0 N–H and O–H groups in total. The summed E-state index contributed by atoms with van der Waals surface area (Å²) < 4.78 is 5.82. The van der Waals surface area contributed by atoms with E-state index in [1.165, 1.54) is 0 Å². The Balaban J connectivity index is 2.18. The van der Waals surface area contributed by atoms with Crippen LogP contribution < -0.4 is 0 Å². The Bertz CT molecular complexity index is 795. The summed E-state index contributed by atoms with van der Waals surface area (Å²) in [5.74, 6) is 0.0868.